The number of benzene rings is 2. The second-order valence-corrected chi connectivity index (χ2v) is 19.2. The van der Waals surface area contributed by atoms with Crippen LogP contribution in [0.25, 0.3) is 0 Å². The zero-order chi connectivity index (χ0) is 37.7. The zero-order valence-corrected chi connectivity index (χ0v) is 31.4. The van der Waals surface area contributed by atoms with E-state index in [1.807, 2.05) is 60.7 Å². The Kier molecular flexibility index (Phi) is 14.0. The third kappa shape index (κ3) is 9.60. The predicted molar refractivity (Wildman–Crippen MR) is 186 cm³/mol. The van der Waals surface area contributed by atoms with Gasteiger partial charge in [-0.1, -0.05) is 88.4 Å². The van der Waals surface area contributed by atoms with Crippen LogP contribution in [0.15, 0.2) is 60.7 Å². The first-order valence-corrected chi connectivity index (χ1v) is 20.2. The molecule has 0 spiro atoms. The van der Waals surface area contributed by atoms with Crippen molar-refractivity contribution in [1.82, 2.24) is 5.32 Å². The molecule has 1 amide bonds. The molecule has 0 radical (unpaired) electrons. The highest BCUT2D eigenvalue weighted by Crippen LogP contribution is 2.38. The molecule has 2 aromatic rings. The monoisotopic (exact) mass is 757 g/mol. The highest BCUT2D eigenvalue weighted by atomic mass is 32.3. The minimum Gasteiger partial charge on any atom is -0.405 e. The van der Waals surface area contributed by atoms with Crippen LogP contribution in [0.4, 0.5) is 0 Å². The van der Waals surface area contributed by atoms with Crippen molar-refractivity contribution in [3.8, 4) is 0 Å². The van der Waals surface area contributed by atoms with E-state index in [0.29, 0.717) is 6.42 Å². The van der Waals surface area contributed by atoms with E-state index in [1.165, 1.54) is 6.92 Å². The normalized spacial score (nSPS) is 31.2. The number of amides is 1. The van der Waals surface area contributed by atoms with Crippen molar-refractivity contribution >= 4 is 35.0 Å². The second kappa shape index (κ2) is 17.2. The first-order chi connectivity index (χ1) is 23.9. The van der Waals surface area contributed by atoms with Gasteiger partial charge in [-0.25, -0.2) is 4.18 Å². The van der Waals surface area contributed by atoms with Gasteiger partial charge in [-0.15, -0.1) is 0 Å². The van der Waals surface area contributed by atoms with E-state index in [0.717, 1.165) is 10.4 Å². The molecule has 2 aliphatic heterocycles. The third-order valence-corrected chi connectivity index (χ3v) is 14.7. The van der Waals surface area contributed by atoms with Gasteiger partial charge in [-0.2, -0.15) is 8.42 Å². The molecule has 0 aromatic heterocycles. The Hall–Kier alpha value is -2.36. The van der Waals surface area contributed by atoms with Crippen LogP contribution in [0.2, 0.25) is 5.04 Å². The molecular formula is C34H51NO14SSi. The number of hydrogen-bond acceptors (Lipinski definition) is 13. The zero-order valence-electron chi connectivity index (χ0n) is 29.6. The lowest BCUT2D eigenvalue weighted by atomic mass is 9.95. The number of carbonyl (C=O) groups is 1. The first-order valence-electron chi connectivity index (χ1n) is 16.9. The maximum atomic E-state index is 12.3. The molecule has 286 valence electrons. The Bertz CT molecular complexity index is 1470. The lowest BCUT2D eigenvalue weighted by Crippen LogP contribution is -2.70. The van der Waals surface area contributed by atoms with Gasteiger partial charge >= 0.3 is 10.4 Å². The largest absolute Gasteiger partial charge is 0.405 e. The van der Waals surface area contributed by atoms with E-state index in [-0.39, 0.29) is 6.61 Å². The number of rotatable bonds is 14. The van der Waals surface area contributed by atoms with Crippen molar-refractivity contribution in [2.75, 3.05) is 13.2 Å². The fourth-order valence-corrected chi connectivity index (χ4v) is 11.6. The summed E-state index contributed by atoms with van der Waals surface area (Å²) in [5.41, 5.74) is 0. The number of aliphatic hydroxyl groups is 4. The van der Waals surface area contributed by atoms with E-state index in [2.05, 4.69) is 26.1 Å². The minimum absolute atomic E-state index is 0.245. The lowest BCUT2D eigenvalue weighted by Gasteiger charge is -2.49. The van der Waals surface area contributed by atoms with E-state index in [9.17, 15) is 38.2 Å². The Balaban J connectivity index is 1.69. The van der Waals surface area contributed by atoms with Crippen molar-refractivity contribution < 1.29 is 65.7 Å². The third-order valence-electron chi connectivity index (χ3n) is 9.21. The molecular weight excluding hydrogens is 707 g/mol. The minimum atomic E-state index is -5.16. The van der Waals surface area contributed by atoms with Crippen LogP contribution in [0, 0.1) is 0 Å². The molecule has 0 saturated carbocycles. The SMILES string of the molecule is CC[C@@H](C)O[C@@H]1O[C@H](CO)[C@@H](O[C@H]2O[C@H](CO[Si](c3ccccc3)(c3ccccc3)C(C)(C)C)[C@@H](O)[C@H](O)[C@H]2NC(C)=O)[C@H](O)[C@H]1OS(=O)(=O)O. The van der Waals surface area contributed by atoms with Gasteiger partial charge in [0.2, 0.25) is 5.91 Å². The number of aliphatic hydroxyl groups excluding tert-OH is 4. The van der Waals surface area contributed by atoms with Crippen molar-refractivity contribution in [2.24, 2.45) is 0 Å². The summed E-state index contributed by atoms with van der Waals surface area (Å²) in [6.07, 6.45) is -14.5. The first kappa shape index (κ1) is 41.4. The number of ether oxygens (including phenoxy) is 4. The van der Waals surface area contributed by atoms with E-state index < -0.39 is 104 Å². The standard InChI is InChI=1S/C34H51NO14SSi/c1-7-20(2)45-33-31(49-50(41,42)43)29(40)30(24(18-36)46-33)48-32-26(35-21(3)37)28(39)27(38)25(47-32)19-44-51(34(4,5)6,22-14-10-8-11-15-22)23-16-12-9-13-17-23/h8-17,20,24-33,36,38-40H,7,18-19H2,1-6H3,(H,35,37)(H,41,42,43)/t20-,24-,25-,26-,27-,28-,29+,30-,31-,32-,33-/m1/s1. The molecule has 6 N–H and O–H groups in total. The van der Waals surface area contributed by atoms with Crippen molar-refractivity contribution in [2.45, 2.75) is 120 Å². The summed E-state index contributed by atoms with van der Waals surface area (Å²) in [5, 5.41) is 48.4. The van der Waals surface area contributed by atoms with Gasteiger partial charge in [0.05, 0.1) is 19.3 Å². The molecule has 11 atom stereocenters. The van der Waals surface area contributed by atoms with Crippen LogP contribution in [-0.2, 0) is 42.8 Å². The van der Waals surface area contributed by atoms with Crippen LogP contribution in [0.3, 0.4) is 0 Å². The van der Waals surface area contributed by atoms with Gasteiger partial charge in [0.15, 0.2) is 18.7 Å². The Morgan fingerprint density at radius 2 is 1.45 bits per heavy atom. The summed E-state index contributed by atoms with van der Waals surface area (Å²) in [4.78, 5) is 12.3. The summed E-state index contributed by atoms with van der Waals surface area (Å²) in [6.45, 7) is 9.81. The number of carbonyl (C=O) groups excluding carboxylic acids is 1. The lowest BCUT2D eigenvalue weighted by molar-refractivity contribution is -0.347. The molecule has 51 heavy (non-hydrogen) atoms. The van der Waals surface area contributed by atoms with Crippen molar-refractivity contribution in [3.05, 3.63) is 60.7 Å². The fraction of sp³-hybridized carbons (Fsp3) is 0.618. The van der Waals surface area contributed by atoms with Crippen LogP contribution >= 0.6 is 0 Å². The van der Waals surface area contributed by atoms with Crippen LogP contribution in [0.5, 0.6) is 0 Å². The van der Waals surface area contributed by atoms with Crippen molar-refractivity contribution in [3.63, 3.8) is 0 Å². The number of hydrogen-bond donors (Lipinski definition) is 6. The highest BCUT2D eigenvalue weighted by Gasteiger charge is 2.55. The Labute approximate surface area is 299 Å². The summed E-state index contributed by atoms with van der Waals surface area (Å²) in [7, 11) is -8.32. The van der Waals surface area contributed by atoms with E-state index >= 15 is 0 Å². The molecule has 17 heteroatoms. The molecule has 0 aliphatic carbocycles. The smallest absolute Gasteiger partial charge is 0.397 e. The summed E-state index contributed by atoms with van der Waals surface area (Å²) in [5.74, 6) is -0.612. The van der Waals surface area contributed by atoms with E-state index in [1.54, 1.807) is 13.8 Å². The van der Waals surface area contributed by atoms with Gasteiger partial charge in [0.1, 0.15) is 42.7 Å². The Morgan fingerprint density at radius 1 is 0.902 bits per heavy atom. The van der Waals surface area contributed by atoms with Gasteiger partial charge in [0.25, 0.3) is 8.32 Å². The average Bonchev–Trinajstić information content (AvgIpc) is 3.07. The van der Waals surface area contributed by atoms with Gasteiger partial charge < -0.3 is 49.1 Å². The van der Waals surface area contributed by atoms with Gasteiger partial charge in [-0.3, -0.25) is 9.35 Å². The maximum absolute atomic E-state index is 12.3. The predicted octanol–water partition coefficient (Wildman–Crippen LogP) is -0.0192. The molecule has 0 unspecified atom stereocenters. The molecule has 2 saturated heterocycles. The van der Waals surface area contributed by atoms with E-state index in [4.69, 9.17) is 27.6 Å². The second-order valence-electron chi connectivity index (χ2n) is 13.9. The molecule has 15 nitrogen and oxygen atoms in total. The molecule has 2 fully saturated rings. The van der Waals surface area contributed by atoms with Gasteiger partial charge in [-0.05, 0) is 28.8 Å². The average molecular weight is 758 g/mol. The molecule has 4 rings (SSSR count). The van der Waals surface area contributed by atoms with Crippen LogP contribution < -0.4 is 15.7 Å². The summed E-state index contributed by atoms with van der Waals surface area (Å²) in [6, 6.07) is 18.0. The molecule has 2 aromatic carbocycles. The van der Waals surface area contributed by atoms with Crippen molar-refractivity contribution in [1.29, 1.82) is 0 Å². The maximum Gasteiger partial charge on any atom is 0.397 e. The summed E-state index contributed by atoms with van der Waals surface area (Å²) >= 11 is 0. The molecule has 2 aliphatic rings. The number of nitrogens with one attached hydrogen (secondary N) is 1. The molecule has 0 bridgehead atoms. The van der Waals surface area contributed by atoms with Gasteiger partial charge in [0, 0.05) is 6.92 Å². The topological polar surface area (TPSA) is 220 Å². The van der Waals surface area contributed by atoms with Crippen LogP contribution in [-0.4, -0.2) is 128 Å². The Morgan fingerprint density at radius 3 is 1.92 bits per heavy atom. The summed E-state index contributed by atoms with van der Waals surface area (Å²) < 4.78 is 68.6. The quantitative estimate of drug-likeness (QED) is 0.110. The fourth-order valence-electron chi connectivity index (χ4n) is 6.58. The van der Waals surface area contributed by atoms with Crippen LogP contribution in [0.1, 0.15) is 48.0 Å². The highest BCUT2D eigenvalue weighted by molar-refractivity contribution is 7.80. The molecule has 2 heterocycles.